The quantitative estimate of drug-likeness (QED) is 0.198. The van der Waals surface area contributed by atoms with Gasteiger partial charge in [-0.1, -0.05) is 60.2 Å². The molecular weight excluding hydrogens is 420 g/mol. The van der Waals surface area contributed by atoms with E-state index in [0.717, 1.165) is 11.1 Å². The molecule has 166 valence electrons. The number of nitro groups is 1. The number of nitrogens with zero attached hydrogens (tertiary/aromatic N) is 2. The molecule has 1 amide bonds. The lowest BCUT2D eigenvalue weighted by atomic mass is 9.94. The van der Waals surface area contributed by atoms with E-state index in [2.05, 4.69) is 0 Å². The Bertz CT molecular complexity index is 1230. The number of Topliss-reactive ketones (excluding diaryl/α,β-unsaturated/α-hetero) is 1. The van der Waals surface area contributed by atoms with Gasteiger partial charge >= 0.3 is 0 Å². The molecule has 7 heteroatoms. The van der Waals surface area contributed by atoms with Crippen LogP contribution in [0, 0.1) is 17.0 Å². The summed E-state index contributed by atoms with van der Waals surface area (Å²) >= 11 is 0. The first-order valence-corrected chi connectivity index (χ1v) is 10.5. The monoisotopic (exact) mass is 442 g/mol. The van der Waals surface area contributed by atoms with Crippen LogP contribution < -0.4 is 0 Å². The van der Waals surface area contributed by atoms with Crippen LogP contribution in [-0.2, 0) is 16.0 Å². The Morgan fingerprint density at radius 2 is 1.61 bits per heavy atom. The third kappa shape index (κ3) is 4.39. The Labute approximate surface area is 190 Å². The number of non-ortho nitro benzene ring substituents is 1. The van der Waals surface area contributed by atoms with Gasteiger partial charge in [-0.2, -0.15) is 0 Å². The van der Waals surface area contributed by atoms with Crippen molar-refractivity contribution in [2.45, 2.75) is 19.4 Å². The van der Waals surface area contributed by atoms with Crippen LogP contribution in [0.1, 0.15) is 28.3 Å². The molecule has 1 aliphatic rings. The minimum Gasteiger partial charge on any atom is -0.507 e. The number of ketones is 1. The Hall–Kier alpha value is -4.26. The van der Waals surface area contributed by atoms with Gasteiger partial charge in [0.25, 0.3) is 17.4 Å². The molecule has 0 unspecified atom stereocenters. The molecule has 33 heavy (non-hydrogen) atoms. The maximum absolute atomic E-state index is 13.1. The Morgan fingerprint density at radius 3 is 2.21 bits per heavy atom. The first-order valence-electron chi connectivity index (χ1n) is 10.5. The van der Waals surface area contributed by atoms with Crippen LogP contribution in [0.5, 0.6) is 0 Å². The lowest BCUT2D eigenvalue weighted by Gasteiger charge is -2.25. The standard InChI is InChI=1S/C26H22N2O5/c1-17-7-9-20(10-8-17)24(29)22-23(19-11-13-21(14-12-19)28(32)33)27(26(31)25(22)30)16-15-18-5-3-2-4-6-18/h2-14,23,29H,15-16H2,1H3/b24-22+/t23-/m0/s1. The van der Waals surface area contributed by atoms with Crippen molar-refractivity contribution in [3.05, 3.63) is 117 Å². The fourth-order valence-corrected chi connectivity index (χ4v) is 4.00. The van der Waals surface area contributed by atoms with Crippen LogP contribution in [0.3, 0.4) is 0 Å². The van der Waals surface area contributed by atoms with Crippen molar-refractivity contribution in [3.63, 3.8) is 0 Å². The zero-order valence-electron chi connectivity index (χ0n) is 18.0. The number of aryl methyl sites for hydroxylation is 1. The number of carbonyl (C=O) groups excluding carboxylic acids is 2. The van der Waals surface area contributed by atoms with E-state index >= 15 is 0 Å². The highest BCUT2D eigenvalue weighted by atomic mass is 16.6. The summed E-state index contributed by atoms with van der Waals surface area (Å²) in [6, 6.07) is 21.4. The van der Waals surface area contributed by atoms with E-state index in [1.165, 1.54) is 29.2 Å². The van der Waals surface area contributed by atoms with Gasteiger partial charge in [0.1, 0.15) is 5.76 Å². The third-order valence-electron chi connectivity index (χ3n) is 5.77. The molecule has 1 aliphatic heterocycles. The van der Waals surface area contributed by atoms with Gasteiger partial charge < -0.3 is 10.0 Å². The van der Waals surface area contributed by atoms with Gasteiger partial charge in [-0.25, -0.2) is 0 Å². The van der Waals surface area contributed by atoms with Crippen LogP contribution in [0.2, 0.25) is 0 Å². The SMILES string of the molecule is Cc1ccc(/C(O)=C2\C(=O)C(=O)N(CCc3ccccc3)[C@H]2c2ccc([N+](=O)[O-])cc2)cc1. The highest BCUT2D eigenvalue weighted by molar-refractivity contribution is 6.46. The van der Waals surface area contributed by atoms with Crippen molar-refractivity contribution in [1.29, 1.82) is 0 Å². The summed E-state index contributed by atoms with van der Waals surface area (Å²) in [4.78, 5) is 38.1. The summed E-state index contributed by atoms with van der Waals surface area (Å²) < 4.78 is 0. The van der Waals surface area contributed by atoms with Gasteiger partial charge in [-0.3, -0.25) is 19.7 Å². The second kappa shape index (κ2) is 9.08. The van der Waals surface area contributed by atoms with Crippen molar-refractivity contribution >= 4 is 23.1 Å². The highest BCUT2D eigenvalue weighted by Crippen LogP contribution is 2.39. The molecule has 0 aliphatic carbocycles. The second-order valence-electron chi connectivity index (χ2n) is 7.94. The maximum Gasteiger partial charge on any atom is 0.295 e. The zero-order chi connectivity index (χ0) is 23.5. The molecular formula is C26H22N2O5. The van der Waals surface area contributed by atoms with Crippen molar-refractivity contribution in [2.75, 3.05) is 6.54 Å². The summed E-state index contributed by atoms with van der Waals surface area (Å²) in [6.45, 7) is 2.16. The van der Waals surface area contributed by atoms with Crippen molar-refractivity contribution in [3.8, 4) is 0 Å². The van der Waals surface area contributed by atoms with Gasteiger partial charge in [0, 0.05) is 24.2 Å². The molecule has 1 saturated heterocycles. The summed E-state index contributed by atoms with van der Waals surface area (Å²) in [6.07, 6.45) is 0.516. The number of carbonyl (C=O) groups is 2. The van der Waals surface area contributed by atoms with Gasteiger partial charge in [0.2, 0.25) is 0 Å². The number of likely N-dealkylation sites (tertiary alicyclic amines) is 1. The summed E-state index contributed by atoms with van der Waals surface area (Å²) in [5.74, 6) is -1.74. The first-order chi connectivity index (χ1) is 15.9. The molecule has 3 aromatic carbocycles. The van der Waals surface area contributed by atoms with E-state index in [1.54, 1.807) is 24.3 Å². The average molecular weight is 442 g/mol. The minimum atomic E-state index is -0.851. The van der Waals surface area contributed by atoms with Crippen molar-refractivity contribution in [2.24, 2.45) is 0 Å². The molecule has 7 nitrogen and oxygen atoms in total. The number of nitro benzene ring substituents is 1. The van der Waals surface area contributed by atoms with Crippen LogP contribution >= 0.6 is 0 Å². The second-order valence-corrected chi connectivity index (χ2v) is 7.94. The Kier molecular flexibility index (Phi) is 6.04. The molecule has 0 radical (unpaired) electrons. The van der Waals surface area contributed by atoms with E-state index in [9.17, 15) is 24.8 Å². The van der Waals surface area contributed by atoms with Crippen LogP contribution in [-0.4, -0.2) is 33.2 Å². The van der Waals surface area contributed by atoms with Gasteiger partial charge in [-0.05, 0) is 36.6 Å². The fourth-order valence-electron chi connectivity index (χ4n) is 4.00. The molecule has 3 aromatic rings. The molecule has 1 heterocycles. The van der Waals surface area contributed by atoms with Gasteiger partial charge in [0.05, 0.1) is 16.5 Å². The predicted octanol–water partition coefficient (Wildman–Crippen LogP) is 4.57. The molecule has 1 N–H and O–H groups in total. The molecule has 0 saturated carbocycles. The molecule has 1 atom stereocenters. The number of benzene rings is 3. The molecule has 1 fully saturated rings. The van der Waals surface area contributed by atoms with Crippen LogP contribution in [0.15, 0.2) is 84.4 Å². The van der Waals surface area contributed by atoms with E-state index in [1.807, 2.05) is 37.3 Å². The summed E-state index contributed by atoms with van der Waals surface area (Å²) in [5, 5.41) is 22.1. The number of rotatable bonds is 6. The number of hydrogen-bond acceptors (Lipinski definition) is 5. The number of hydrogen-bond donors (Lipinski definition) is 1. The minimum absolute atomic E-state index is 0.0224. The summed E-state index contributed by atoms with van der Waals surface area (Å²) in [7, 11) is 0. The Balaban J connectivity index is 1.79. The van der Waals surface area contributed by atoms with E-state index < -0.39 is 22.7 Å². The lowest BCUT2D eigenvalue weighted by Crippen LogP contribution is -2.31. The Morgan fingerprint density at radius 1 is 0.970 bits per heavy atom. The average Bonchev–Trinajstić information content (AvgIpc) is 3.08. The largest absolute Gasteiger partial charge is 0.507 e. The zero-order valence-corrected chi connectivity index (χ0v) is 18.0. The number of amides is 1. The molecule has 4 rings (SSSR count). The van der Waals surface area contributed by atoms with Gasteiger partial charge in [0.15, 0.2) is 0 Å². The molecule has 0 bridgehead atoms. The van der Waals surface area contributed by atoms with Crippen molar-refractivity contribution < 1.29 is 19.6 Å². The first kappa shape index (κ1) is 22.0. The van der Waals surface area contributed by atoms with Crippen LogP contribution in [0.25, 0.3) is 5.76 Å². The normalized spacial score (nSPS) is 17.4. The fraction of sp³-hybridized carbons (Fsp3) is 0.154. The summed E-state index contributed by atoms with van der Waals surface area (Å²) in [5.41, 5.74) is 2.81. The van der Waals surface area contributed by atoms with E-state index in [0.29, 0.717) is 17.5 Å². The topological polar surface area (TPSA) is 101 Å². The van der Waals surface area contributed by atoms with Crippen molar-refractivity contribution in [1.82, 2.24) is 4.90 Å². The maximum atomic E-state index is 13.1. The van der Waals surface area contributed by atoms with Gasteiger partial charge in [-0.15, -0.1) is 0 Å². The molecule has 0 aromatic heterocycles. The van der Waals surface area contributed by atoms with E-state index in [-0.39, 0.29) is 23.6 Å². The highest BCUT2D eigenvalue weighted by Gasteiger charge is 2.45. The molecule has 0 spiro atoms. The number of aliphatic hydroxyl groups excluding tert-OH is 1. The van der Waals surface area contributed by atoms with Crippen LogP contribution in [0.4, 0.5) is 5.69 Å². The lowest BCUT2D eigenvalue weighted by molar-refractivity contribution is -0.384. The number of aliphatic hydroxyl groups is 1. The predicted molar refractivity (Wildman–Crippen MR) is 123 cm³/mol. The smallest absolute Gasteiger partial charge is 0.295 e. The third-order valence-corrected chi connectivity index (χ3v) is 5.77. The van der Waals surface area contributed by atoms with E-state index in [4.69, 9.17) is 0 Å².